The van der Waals surface area contributed by atoms with Crippen molar-refractivity contribution in [2.45, 2.75) is 18.9 Å². The zero-order valence-electron chi connectivity index (χ0n) is 11.1. The van der Waals surface area contributed by atoms with Crippen LogP contribution in [-0.2, 0) is 16.0 Å². The van der Waals surface area contributed by atoms with Crippen LogP contribution < -0.4 is 10.6 Å². The van der Waals surface area contributed by atoms with Crippen LogP contribution in [0.25, 0.3) is 0 Å². The summed E-state index contributed by atoms with van der Waals surface area (Å²) in [7, 11) is 0. The Hall–Kier alpha value is -1.53. The average molecular weight is 294 g/mol. The molecule has 0 radical (unpaired) electrons. The van der Waals surface area contributed by atoms with Gasteiger partial charge in [-0.2, -0.15) is 11.8 Å². The third kappa shape index (κ3) is 3.52. The smallest absolute Gasteiger partial charge is 0.320 e. The van der Waals surface area contributed by atoms with E-state index in [0.29, 0.717) is 17.9 Å². The third-order valence-electron chi connectivity index (χ3n) is 3.30. The van der Waals surface area contributed by atoms with Gasteiger partial charge in [0, 0.05) is 12.2 Å². The van der Waals surface area contributed by atoms with Gasteiger partial charge in [0.05, 0.1) is 5.75 Å². The normalized spacial score (nSPS) is 14.9. The van der Waals surface area contributed by atoms with Gasteiger partial charge in [-0.15, -0.1) is 0 Å². The van der Waals surface area contributed by atoms with Crippen LogP contribution in [0.1, 0.15) is 12.0 Å². The minimum atomic E-state index is -0.995. The van der Waals surface area contributed by atoms with Gasteiger partial charge in [-0.25, -0.2) is 0 Å². The fourth-order valence-corrected chi connectivity index (χ4v) is 3.06. The largest absolute Gasteiger partial charge is 0.480 e. The van der Waals surface area contributed by atoms with Crippen molar-refractivity contribution < 1.29 is 14.7 Å². The Balaban J connectivity index is 1.78. The van der Waals surface area contributed by atoms with E-state index in [9.17, 15) is 9.59 Å². The number of carboxylic acid groups (broad SMARTS) is 1. The van der Waals surface area contributed by atoms with Crippen LogP contribution in [0.4, 0.5) is 5.69 Å². The number of aliphatic carboxylic acids is 1. The van der Waals surface area contributed by atoms with E-state index in [1.807, 2.05) is 24.3 Å². The summed E-state index contributed by atoms with van der Waals surface area (Å²) in [5.74, 6) is 0.0179. The molecule has 3 N–H and O–H groups in total. The number of para-hydroxylation sites is 1. The van der Waals surface area contributed by atoms with Crippen LogP contribution in [0.2, 0.25) is 0 Å². The van der Waals surface area contributed by atoms with Crippen LogP contribution >= 0.6 is 11.8 Å². The van der Waals surface area contributed by atoms with Gasteiger partial charge in [-0.1, -0.05) is 18.2 Å². The van der Waals surface area contributed by atoms with Gasteiger partial charge in [-0.05, 0) is 30.2 Å². The number of nitrogens with zero attached hydrogens (tertiary/aromatic N) is 1. The number of fused-ring (bicyclic) bond motifs is 1. The molecule has 5 nitrogen and oxygen atoms in total. The van der Waals surface area contributed by atoms with Gasteiger partial charge in [0.1, 0.15) is 6.04 Å². The summed E-state index contributed by atoms with van der Waals surface area (Å²) in [6.45, 7) is 0.730. The Morgan fingerprint density at radius 2 is 2.15 bits per heavy atom. The number of hydrogen-bond donors (Lipinski definition) is 2. The van der Waals surface area contributed by atoms with E-state index in [-0.39, 0.29) is 5.91 Å². The van der Waals surface area contributed by atoms with Crippen molar-refractivity contribution in [3.8, 4) is 0 Å². The molecule has 1 amide bonds. The van der Waals surface area contributed by atoms with E-state index in [4.69, 9.17) is 10.8 Å². The molecule has 1 aliphatic rings. The number of amides is 1. The maximum atomic E-state index is 12.1. The fraction of sp³-hybridized carbons (Fsp3) is 0.429. The molecule has 0 bridgehead atoms. The predicted molar refractivity (Wildman–Crippen MR) is 80.1 cm³/mol. The van der Waals surface area contributed by atoms with Crippen molar-refractivity contribution >= 4 is 29.3 Å². The van der Waals surface area contributed by atoms with Crippen molar-refractivity contribution in [1.82, 2.24) is 0 Å². The third-order valence-corrected chi connectivity index (χ3v) is 4.28. The number of carbonyl (C=O) groups excluding carboxylic acids is 1. The lowest BCUT2D eigenvalue weighted by Crippen LogP contribution is -2.32. The quantitative estimate of drug-likeness (QED) is 0.768. The van der Waals surface area contributed by atoms with E-state index in [1.165, 1.54) is 17.3 Å². The number of carboxylic acids is 1. The van der Waals surface area contributed by atoms with E-state index in [0.717, 1.165) is 18.7 Å². The Kier molecular flexibility index (Phi) is 5.03. The summed E-state index contributed by atoms with van der Waals surface area (Å²) in [6, 6.07) is 7.08. The Morgan fingerprint density at radius 3 is 2.90 bits per heavy atom. The molecule has 108 valence electrons. The first kappa shape index (κ1) is 14.9. The molecule has 1 atom stereocenters. The van der Waals surface area contributed by atoms with Gasteiger partial charge >= 0.3 is 5.97 Å². The molecule has 6 heteroatoms. The van der Waals surface area contributed by atoms with Gasteiger partial charge in [0.15, 0.2) is 0 Å². The second kappa shape index (κ2) is 6.76. The summed E-state index contributed by atoms with van der Waals surface area (Å²) < 4.78 is 0. The first-order chi connectivity index (χ1) is 9.59. The molecular weight excluding hydrogens is 276 g/mol. The van der Waals surface area contributed by atoms with Crippen molar-refractivity contribution in [2.75, 3.05) is 23.0 Å². The van der Waals surface area contributed by atoms with Crippen LogP contribution in [0, 0.1) is 0 Å². The van der Waals surface area contributed by atoms with Gasteiger partial charge in [0.2, 0.25) is 5.91 Å². The SMILES string of the molecule is NC(CCSCC(=O)N1CCc2ccccc21)C(=O)O. The lowest BCUT2D eigenvalue weighted by atomic mass is 10.2. The van der Waals surface area contributed by atoms with Gasteiger partial charge in [0.25, 0.3) is 0 Å². The van der Waals surface area contributed by atoms with Crippen LogP contribution in [0.3, 0.4) is 0 Å². The molecule has 0 saturated carbocycles. The number of rotatable bonds is 6. The molecule has 1 aromatic rings. The van der Waals surface area contributed by atoms with Crippen molar-refractivity contribution in [3.63, 3.8) is 0 Å². The molecule has 1 aromatic carbocycles. The molecule has 1 heterocycles. The number of carbonyl (C=O) groups is 2. The second-order valence-corrected chi connectivity index (χ2v) is 5.82. The number of nitrogens with two attached hydrogens (primary N) is 1. The highest BCUT2D eigenvalue weighted by atomic mass is 32.2. The number of anilines is 1. The zero-order chi connectivity index (χ0) is 14.5. The van der Waals surface area contributed by atoms with E-state index in [2.05, 4.69) is 0 Å². The first-order valence-electron chi connectivity index (χ1n) is 6.54. The zero-order valence-corrected chi connectivity index (χ0v) is 11.9. The van der Waals surface area contributed by atoms with Crippen molar-refractivity contribution in [1.29, 1.82) is 0 Å². The molecule has 0 saturated heterocycles. The summed E-state index contributed by atoms with van der Waals surface area (Å²) in [5.41, 5.74) is 7.62. The lowest BCUT2D eigenvalue weighted by molar-refractivity contribution is -0.138. The van der Waals surface area contributed by atoms with E-state index >= 15 is 0 Å². The molecule has 0 aliphatic carbocycles. The summed E-state index contributed by atoms with van der Waals surface area (Å²) in [6.07, 6.45) is 1.28. The molecule has 1 aliphatic heterocycles. The van der Waals surface area contributed by atoms with Gasteiger partial charge < -0.3 is 15.7 Å². The van der Waals surface area contributed by atoms with E-state index < -0.39 is 12.0 Å². The summed E-state index contributed by atoms with van der Waals surface area (Å²) in [5, 5.41) is 8.66. The predicted octanol–water partition coefficient (Wildman–Crippen LogP) is 1.11. The molecule has 1 unspecified atom stereocenters. The lowest BCUT2D eigenvalue weighted by Gasteiger charge is -2.17. The first-order valence-corrected chi connectivity index (χ1v) is 7.69. The fourth-order valence-electron chi connectivity index (χ4n) is 2.17. The summed E-state index contributed by atoms with van der Waals surface area (Å²) >= 11 is 1.43. The maximum absolute atomic E-state index is 12.1. The molecule has 20 heavy (non-hydrogen) atoms. The molecule has 0 fully saturated rings. The number of benzene rings is 1. The molecule has 2 rings (SSSR count). The maximum Gasteiger partial charge on any atom is 0.320 e. The van der Waals surface area contributed by atoms with Crippen LogP contribution in [-0.4, -0.2) is 41.1 Å². The van der Waals surface area contributed by atoms with E-state index in [1.54, 1.807) is 4.90 Å². The Labute approximate surface area is 122 Å². The monoisotopic (exact) mass is 294 g/mol. The van der Waals surface area contributed by atoms with Crippen LogP contribution in [0.15, 0.2) is 24.3 Å². The Bertz CT molecular complexity index is 507. The number of hydrogen-bond acceptors (Lipinski definition) is 4. The number of thioether (sulfide) groups is 1. The van der Waals surface area contributed by atoms with Crippen molar-refractivity contribution in [3.05, 3.63) is 29.8 Å². The average Bonchev–Trinajstić information content (AvgIpc) is 2.87. The second-order valence-electron chi connectivity index (χ2n) is 4.71. The Morgan fingerprint density at radius 1 is 1.40 bits per heavy atom. The minimum absolute atomic E-state index is 0.0730. The van der Waals surface area contributed by atoms with Gasteiger partial charge in [-0.3, -0.25) is 9.59 Å². The summed E-state index contributed by atoms with van der Waals surface area (Å²) in [4.78, 5) is 24.5. The standard InChI is InChI=1S/C14H18N2O3S/c15-11(14(18)19)6-8-20-9-13(17)16-7-5-10-3-1-2-4-12(10)16/h1-4,11H,5-9,15H2,(H,18,19). The minimum Gasteiger partial charge on any atom is -0.480 e. The highest BCUT2D eigenvalue weighted by Gasteiger charge is 2.23. The molecule has 0 aromatic heterocycles. The highest BCUT2D eigenvalue weighted by molar-refractivity contribution is 7.99. The highest BCUT2D eigenvalue weighted by Crippen LogP contribution is 2.27. The molecule has 0 spiro atoms. The topological polar surface area (TPSA) is 83.6 Å². The van der Waals surface area contributed by atoms with Crippen LogP contribution in [0.5, 0.6) is 0 Å². The van der Waals surface area contributed by atoms with Crippen molar-refractivity contribution in [2.24, 2.45) is 5.73 Å². The molecular formula is C14H18N2O3S.